The highest BCUT2D eigenvalue weighted by molar-refractivity contribution is 6.10. The number of halogens is 3. The number of carbonyl (C=O) groups is 1. The van der Waals surface area contributed by atoms with Crippen molar-refractivity contribution in [3.8, 4) is 11.5 Å². The van der Waals surface area contributed by atoms with E-state index in [1.807, 2.05) is 6.07 Å². The maximum Gasteiger partial charge on any atom is 0.417 e. The minimum Gasteiger partial charge on any atom is -0.435 e. The number of hydrogen-bond donors (Lipinski definition) is 1. The van der Waals surface area contributed by atoms with Crippen LogP contribution in [-0.2, 0) is 17.5 Å². The number of fused-ring (bicyclic) bond motifs is 1. The van der Waals surface area contributed by atoms with Gasteiger partial charge >= 0.3 is 6.18 Å². The molecule has 1 N–H and O–H groups in total. The molecule has 2 aromatic carbocycles. The summed E-state index contributed by atoms with van der Waals surface area (Å²) in [4.78, 5) is 24.0. The predicted octanol–water partition coefficient (Wildman–Crippen LogP) is 4.99. The number of rotatable bonds is 5. The van der Waals surface area contributed by atoms with Crippen LogP contribution in [0.1, 0.15) is 21.6 Å². The highest BCUT2D eigenvalue weighted by atomic mass is 19.4. The van der Waals surface area contributed by atoms with Crippen molar-refractivity contribution in [3.63, 3.8) is 0 Å². The SMILES string of the molecule is O=C(Nc1cccc(CN2CCOCC2)n1)c1cccc2nc(-c3ccccc3C(F)(F)F)oc12. The van der Waals surface area contributed by atoms with Crippen molar-refractivity contribution in [1.29, 1.82) is 0 Å². The number of pyridine rings is 1. The van der Waals surface area contributed by atoms with E-state index >= 15 is 0 Å². The van der Waals surface area contributed by atoms with Crippen molar-refractivity contribution in [2.24, 2.45) is 0 Å². The van der Waals surface area contributed by atoms with E-state index in [1.54, 1.807) is 24.3 Å². The molecule has 1 aliphatic heterocycles. The summed E-state index contributed by atoms with van der Waals surface area (Å²) in [6.07, 6.45) is -4.57. The number of nitrogens with zero attached hydrogens (tertiary/aromatic N) is 3. The monoisotopic (exact) mass is 482 g/mol. The van der Waals surface area contributed by atoms with Crippen LogP contribution < -0.4 is 5.32 Å². The predicted molar refractivity (Wildman–Crippen MR) is 123 cm³/mol. The van der Waals surface area contributed by atoms with Crippen LogP contribution in [0.3, 0.4) is 0 Å². The average Bonchev–Trinajstić information content (AvgIpc) is 3.29. The number of alkyl halides is 3. The van der Waals surface area contributed by atoms with Gasteiger partial charge < -0.3 is 14.5 Å². The Bertz CT molecular complexity index is 1360. The van der Waals surface area contributed by atoms with E-state index < -0.39 is 17.6 Å². The van der Waals surface area contributed by atoms with Gasteiger partial charge in [0.05, 0.1) is 30.0 Å². The molecule has 10 heteroatoms. The van der Waals surface area contributed by atoms with Gasteiger partial charge in [0.15, 0.2) is 5.58 Å². The Balaban J connectivity index is 1.41. The number of anilines is 1. The lowest BCUT2D eigenvalue weighted by atomic mass is 10.1. The largest absolute Gasteiger partial charge is 0.435 e. The molecule has 0 radical (unpaired) electrons. The minimum atomic E-state index is -4.57. The van der Waals surface area contributed by atoms with E-state index in [-0.39, 0.29) is 28.1 Å². The number of hydrogen-bond acceptors (Lipinski definition) is 6. The second kappa shape index (κ2) is 9.47. The number of ether oxygens (including phenoxy) is 1. The summed E-state index contributed by atoms with van der Waals surface area (Å²) in [5, 5.41) is 2.75. The zero-order valence-corrected chi connectivity index (χ0v) is 18.5. The first-order valence-corrected chi connectivity index (χ1v) is 11.0. The number of morpholine rings is 1. The van der Waals surface area contributed by atoms with Gasteiger partial charge in [0.2, 0.25) is 5.89 Å². The van der Waals surface area contributed by atoms with E-state index in [0.717, 1.165) is 24.8 Å². The molecular formula is C25H21F3N4O3. The average molecular weight is 482 g/mol. The molecule has 1 aliphatic rings. The fourth-order valence-electron chi connectivity index (χ4n) is 3.97. The third kappa shape index (κ3) is 5.03. The van der Waals surface area contributed by atoms with Gasteiger partial charge in [0.1, 0.15) is 11.3 Å². The first kappa shape index (κ1) is 23.0. The van der Waals surface area contributed by atoms with Crippen molar-refractivity contribution in [2.75, 3.05) is 31.6 Å². The number of amides is 1. The van der Waals surface area contributed by atoms with Gasteiger partial charge in [-0.3, -0.25) is 9.69 Å². The fraction of sp³-hybridized carbons (Fsp3) is 0.240. The number of benzene rings is 2. The van der Waals surface area contributed by atoms with Crippen molar-refractivity contribution < 1.29 is 27.1 Å². The lowest BCUT2D eigenvalue weighted by Crippen LogP contribution is -2.35. The van der Waals surface area contributed by atoms with Gasteiger partial charge in [0, 0.05) is 25.2 Å². The van der Waals surface area contributed by atoms with E-state index in [9.17, 15) is 18.0 Å². The molecule has 0 atom stereocenters. The van der Waals surface area contributed by atoms with Gasteiger partial charge in [-0.25, -0.2) is 9.97 Å². The summed E-state index contributed by atoms with van der Waals surface area (Å²) < 4.78 is 51.5. The van der Waals surface area contributed by atoms with Crippen LogP contribution in [0.15, 0.2) is 65.1 Å². The fourth-order valence-corrected chi connectivity index (χ4v) is 3.97. The number of carbonyl (C=O) groups excluding carboxylic acids is 1. The number of aromatic nitrogens is 2. The summed E-state index contributed by atoms with van der Waals surface area (Å²) in [6, 6.07) is 15.1. The quantitative estimate of drug-likeness (QED) is 0.432. The zero-order valence-electron chi connectivity index (χ0n) is 18.5. The first-order valence-electron chi connectivity index (χ1n) is 11.0. The van der Waals surface area contributed by atoms with Crippen LogP contribution in [-0.4, -0.2) is 47.1 Å². The molecule has 35 heavy (non-hydrogen) atoms. The Morgan fingerprint density at radius 3 is 2.54 bits per heavy atom. The Morgan fingerprint density at radius 2 is 1.74 bits per heavy atom. The first-order chi connectivity index (χ1) is 16.9. The molecular weight excluding hydrogens is 461 g/mol. The zero-order chi connectivity index (χ0) is 24.4. The third-order valence-electron chi connectivity index (χ3n) is 5.66. The highest BCUT2D eigenvalue weighted by Gasteiger charge is 2.34. The van der Waals surface area contributed by atoms with Crippen molar-refractivity contribution in [1.82, 2.24) is 14.9 Å². The molecule has 0 spiro atoms. The van der Waals surface area contributed by atoms with Crippen LogP contribution in [0.2, 0.25) is 0 Å². The molecule has 5 rings (SSSR count). The van der Waals surface area contributed by atoms with Crippen LogP contribution >= 0.6 is 0 Å². The second-order valence-corrected chi connectivity index (χ2v) is 8.07. The van der Waals surface area contributed by atoms with E-state index in [0.29, 0.717) is 25.6 Å². The summed E-state index contributed by atoms with van der Waals surface area (Å²) in [7, 11) is 0. The van der Waals surface area contributed by atoms with Crippen molar-refractivity contribution in [3.05, 3.63) is 77.5 Å². The van der Waals surface area contributed by atoms with Crippen LogP contribution in [0, 0.1) is 0 Å². The molecule has 3 heterocycles. The molecule has 2 aromatic heterocycles. The van der Waals surface area contributed by atoms with E-state index in [2.05, 4.69) is 20.2 Å². The lowest BCUT2D eigenvalue weighted by Gasteiger charge is -2.26. The summed E-state index contributed by atoms with van der Waals surface area (Å²) >= 11 is 0. The van der Waals surface area contributed by atoms with Gasteiger partial charge in [-0.05, 0) is 36.4 Å². The Hall–Kier alpha value is -3.76. The second-order valence-electron chi connectivity index (χ2n) is 8.07. The summed E-state index contributed by atoms with van der Waals surface area (Å²) in [5.41, 5.74) is 0.263. The molecule has 1 saturated heterocycles. The van der Waals surface area contributed by atoms with Crippen LogP contribution in [0.5, 0.6) is 0 Å². The topological polar surface area (TPSA) is 80.5 Å². The van der Waals surface area contributed by atoms with Gasteiger partial charge in [-0.1, -0.05) is 24.3 Å². The number of para-hydroxylation sites is 1. The Kier molecular flexibility index (Phi) is 6.23. The summed E-state index contributed by atoms with van der Waals surface area (Å²) in [6.45, 7) is 3.60. The van der Waals surface area contributed by atoms with Gasteiger partial charge in [-0.2, -0.15) is 13.2 Å². The molecule has 0 bridgehead atoms. The van der Waals surface area contributed by atoms with Crippen molar-refractivity contribution in [2.45, 2.75) is 12.7 Å². The normalized spacial score (nSPS) is 14.8. The van der Waals surface area contributed by atoms with Gasteiger partial charge in [0.25, 0.3) is 5.91 Å². The molecule has 1 fully saturated rings. The van der Waals surface area contributed by atoms with Crippen molar-refractivity contribution >= 4 is 22.8 Å². The highest BCUT2D eigenvalue weighted by Crippen LogP contribution is 2.38. The molecule has 4 aromatic rings. The van der Waals surface area contributed by atoms with E-state index in [4.69, 9.17) is 9.15 Å². The van der Waals surface area contributed by atoms with Crippen LogP contribution in [0.25, 0.3) is 22.6 Å². The maximum absolute atomic E-state index is 13.5. The molecule has 0 unspecified atom stereocenters. The smallest absolute Gasteiger partial charge is 0.417 e. The standard InChI is InChI=1S/C25H21F3N4O3/c26-25(27,28)19-8-2-1-6-17(19)24-30-20-9-4-7-18(22(20)35-24)23(33)31-21-10-3-5-16(29-21)15-32-11-13-34-14-12-32/h1-10H,11-15H2,(H,29,31,33). The Morgan fingerprint density at radius 1 is 0.971 bits per heavy atom. The maximum atomic E-state index is 13.5. The molecule has 180 valence electrons. The summed E-state index contributed by atoms with van der Waals surface area (Å²) in [5.74, 6) is -0.350. The Labute approximate surface area is 198 Å². The van der Waals surface area contributed by atoms with Gasteiger partial charge in [-0.15, -0.1) is 0 Å². The number of nitrogens with one attached hydrogen (secondary N) is 1. The number of oxazole rings is 1. The van der Waals surface area contributed by atoms with Crippen LogP contribution in [0.4, 0.5) is 19.0 Å². The molecule has 0 aliphatic carbocycles. The lowest BCUT2D eigenvalue weighted by molar-refractivity contribution is -0.137. The third-order valence-corrected chi connectivity index (χ3v) is 5.66. The molecule has 0 saturated carbocycles. The molecule has 1 amide bonds. The minimum absolute atomic E-state index is 0.0986. The molecule has 7 nitrogen and oxygen atoms in total. The van der Waals surface area contributed by atoms with E-state index in [1.165, 1.54) is 24.3 Å².